The lowest BCUT2D eigenvalue weighted by Crippen LogP contribution is -2.21. The van der Waals surface area contributed by atoms with Crippen molar-refractivity contribution in [2.45, 2.75) is 45.6 Å². The van der Waals surface area contributed by atoms with Gasteiger partial charge in [-0.1, -0.05) is 29.8 Å². The molecule has 0 amide bonds. The molecule has 42 heavy (non-hydrogen) atoms. The summed E-state index contributed by atoms with van der Waals surface area (Å²) in [5, 5.41) is 0.804. The summed E-state index contributed by atoms with van der Waals surface area (Å²) in [6.45, 7) is 7.33. The van der Waals surface area contributed by atoms with Crippen LogP contribution in [0.1, 0.15) is 43.7 Å². The van der Waals surface area contributed by atoms with Gasteiger partial charge in [-0.25, -0.2) is 13.4 Å². The van der Waals surface area contributed by atoms with Gasteiger partial charge in [0.05, 0.1) is 22.9 Å². The number of alkyl halides is 3. The minimum Gasteiger partial charge on any atom is -0.491 e. The van der Waals surface area contributed by atoms with Crippen molar-refractivity contribution >= 4 is 64.6 Å². The zero-order chi connectivity index (χ0) is 31.0. The predicted molar refractivity (Wildman–Crippen MR) is 166 cm³/mol. The fourth-order valence-corrected chi connectivity index (χ4v) is 6.25. The van der Waals surface area contributed by atoms with Crippen LogP contribution in [0.3, 0.4) is 0 Å². The van der Waals surface area contributed by atoms with Crippen LogP contribution >= 0.6 is 27.3 Å². The second kappa shape index (κ2) is 11.8. The Labute approximate surface area is 254 Å². The quantitative estimate of drug-likeness (QED) is 0.137. The van der Waals surface area contributed by atoms with Crippen LogP contribution < -0.4 is 19.9 Å². The van der Waals surface area contributed by atoms with Gasteiger partial charge in [-0.15, -0.1) is 24.5 Å². The topological polar surface area (TPSA) is 103 Å². The summed E-state index contributed by atoms with van der Waals surface area (Å²) >= 11 is 4.93. The summed E-state index contributed by atoms with van der Waals surface area (Å²) < 4.78 is 76.5. The Morgan fingerprint density at radius 2 is 1.67 bits per heavy atom. The number of anilines is 1. The molecule has 4 aromatic rings. The summed E-state index contributed by atoms with van der Waals surface area (Å²) in [7, 11) is -3.42. The molecule has 1 heterocycles. The zero-order valence-electron chi connectivity index (χ0n) is 23.3. The highest BCUT2D eigenvalue weighted by Gasteiger charge is 2.33. The van der Waals surface area contributed by atoms with Crippen LogP contribution in [0, 0.1) is 0 Å². The second-order valence-corrected chi connectivity index (χ2v) is 14.2. The highest BCUT2D eigenvalue weighted by Crippen LogP contribution is 2.40. The van der Waals surface area contributed by atoms with Gasteiger partial charge in [-0.3, -0.25) is 4.72 Å². The summed E-state index contributed by atoms with van der Waals surface area (Å²) in [5.41, 5.74) is 7.88. The van der Waals surface area contributed by atoms with E-state index >= 15 is 0 Å². The van der Waals surface area contributed by atoms with Crippen LogP contribution in [0.15, 0.2) is 70.1 Å². The molecule has 13 heteroatoms. The lowest BCUT2D eigenvalue weighted by Gasteiger charge is -2.28. The smallest absolute Gasteiger partial charge is 0.491 e. The number of amidine groups is 1. The van der Waals surface area contributed by atoms with E-state index in [1.165, 1.54) is 23.5 Å². The number of nitrogens with two attached hydrogens (primary N) is 1. The van der Waals surface area contributed by atoms with E-state index < -0.39 is 21.8 Å². The number of fused-ring (bicyclic) bond motifs is 1. The summed E-state index contributed by atoms with van der Waals surface area (Å²) in [6.07, 6.45) is -4.03. The summed E-state index contributed by atoms with van der Waals surface area (Å²) in [5.74, 6) is 0.136. The first-order valence-electron chi connectivity index (χ1n) is 12.6. The van der Waals surface area contributed by atoms with E-state index in [4.69, 9.17) is 10.5 Å². The Bertz CT molecular complexity index is 1770. The van der Waals surface area contributed by atoms with Crippen molar-refractivity contribution in [1.29, 1.82) is 0 Å². The third-order valence-corrected chi connectivity index (χ3v) is 8.34. The van der Waals surface area contributed by atoms with E-state index in [2.05, 4.69) is 30.4 Å². The van der Waals surface area contributed by atoms with Crippen LogP contribution in [0.25, 0.3) is 10.1 Å². The van der Waals surface area contributed by atoms with Crippen molar-refractivity contribution in [3.8, 4) is 11.5 Å². The number of aliphatic imine (C=N–C) groups is 1. The lowest BCUT2D eigenvalue weighted by molar-refractivity contribution is -0.274. The molecule has 0 aliphatic carbocycles. The molecule has 3 N–H and O–H groups in total. The number of nitrogens with one attached hydrogen (secondary N) is 1. The Morgan fingerprint density at radius 1 is 1.00 bits per heavy atom. The van der Waals surface area contributed by atoms with Crippen molar-refractivity contribution in [3.05, 3.63) is 81.1 Å². The van der Waals surface area contributed by atoms with Crippen LogP contribution in [0.2, 0.25) is 0 Å². The molecule has 0 radical (unpaired) electrons. The number of nitrogens with zero attached hydrogens (tertiary/aromatic N) is 1. The molecule has 0 saturated heterocycles. The molecule has 0 atom stereocenters. The van der Waals surface area contributed by atoms with Crippen LogP contribution in [0.4, 0.5) is 24.5 Å². The fraction of sp³-hybridized carbons (Fsp3) is 0.276. The van der Waals surface area contributed by atoms with Gasteiger partial charge in [-0.05, 0) is 85.0 Å². The van der Waals surface area contributed by atoms with Crippen molar-refractivity contribution in [2.24, 2.45) is 10.7 Å². The van der Waals surface area contributed by atoms with Crippen molar-refractivity contribution < 1.29 is 31.1 Å². The van der Waals surface area contributed by atoms with Gasteiger partial charge < -0.3 is 15.2 Å². The number of hydrogen-bond donors (Lipinski definition) is 2. The molecule has 3 aromatic carbocycles. The number of thiophene rings is 1. The van der Waals surface area contributed by atoms with E-state index in [0.717, 1.165) is 21.9 Å². The van der Waals surface area contributed by atoms with Crippen LogP contribution in [0.5, 0.6) is 11.5 Å². The van der Waals surface area contributed by atoms with E-state index in [1.807, 2.05) is 32.0 Å². The Hall–Kier alpha value is -3.29. The molecule has 0 aliphatic heterocycles. The van der Waals surface area contributed by atoms with Gasteiger partial charge in [0.25, 0.3) is 0 Å². The maximum Gasteiger partial charge on any atom is 0.573 e. The average molecular weight is 685 g/mol. The molecular weight excluding hydrogens is 655 g/mol. The first-order valence-corrected chi connectivity index (χ1v) is 16.1. The molecule has 224 valence electrons. The van der Waals surface area contributed by atoms with Gasteiger partial charge in [0, 0.05) is 26.3 Å². The van der Waals surface area contributed by atoms with Gasteiger partial charge in [0.1, 0.15) is 17.3 Å². The molecule has 0 aliphatic rings. The largest absolute Gasteiger partial charge is 0.573 e. The minimum atomic E-state index is -4.86. The Kier molecular flexibility index (Phi) is 8.87. The predicted octanol–water partition coefficient (Wildman–Crippen LogP) is 8.08. The second-order valence-electron chi connectivity index (χ2n) is 10.5. The monoisotopic (exact) mass is 683 g/mol. The highest BCUT2D eigenvalue weighted by atomic mass is 79.9. The van der Waals surface area contributed by atoms with Gasteiger partial charge in [0.2, 0.25) is 10.0 Å². The van der Waals surface area contributed by atoms with E-state index in [1.54, 1.807) is 44.2 Å². The van der Waals surface area contributed by atoms with Gasteiger partial charge in [-0.2, -0.15) is 0 Å². The number of sulfonamides is 1. The Balaban J connectivity index is 1.71. The third-order valence-electron chi connectivity index (χ3n) is 6.13. The number of hydrogen-bond acceptors (Lipinski definition) is 6. The SMILES string of the molecule is CC(C)Oc1cc(OC(F)(F)F)cc(C(C)(C)c2cc(Br)cc(N=C(N)c3cc4cc(NS(C)(=O)=O)ccc4s3)c2)c1. The molecule has 7 nitrogen and oxygen atoms in total. The molecule has 1 aromatic heterocycles. The number of halogens is 4. The molecule has 0 spiro atoms. The van der Waals surface area contributed by atoms with Crippen LogP contribution in [-0.4, -0.2) is 33.0 Å². The minimum absolute atomic E-state index is 0.254. The first-order chi connectivity index (χ1) is 19.4. The molecular formula is C29H29BrF3N3O4S2. The van der Waals surface area contributed by atoms with Gasteiger partial charge >= 0.3 is 6.36 Å². The maximum atomic E-state index is 13.1. The molecule has 0 unspecified atom stereocenters. The number of rotatable bonds is 9. The first kappa shape index (κ1) is 31.6. The molecule has 4 rings (SSSR count). The average Bonchev–Trinajstić information content (AvgIpc) is 3.24. The normalized spacial score (nSPS) is 13.0. The lowest BCUT2D eigenvalue weighted by atomic mass is 9.78. The van der Waals surface area contributed by atoms with E-state index in [0.29, 0.717) is 26.3 Å². The Morgan fingerprint density at radius 3 is 2.31 bits per heavy atom. The molecule has 0 saturated carbocycles. The van der Waals surface area contributed by atoms with Crippen molar-refractivity contribution in [1.82, 2.24) is 0 Å². The number of ether oxygens (including phenoxy) is 2. The van der Waals surface area contributed by atoms with Crippen LogP contribution in [-0.2, 0) is 15.4 Å². The summed E-state index contributed by atoms with van der Waals surface area (Å²) in [6, 6.07) is 16.8. The standard InChI is InChI=1S/C29H29BrF3N3O4S2/c1-16(2)39-23-12-19(13-24(15-23)40-29(31,32)33)28(3,4)18-10-20(30)14-22(11-18)35-27(34)26-9-17-8-21(36-42(5,37)38)6-7-25(17)41-26/h6-16,36H,1-5H3,(H2,34,35). The summed E-state index contributed by atoms with van der Waals surface area (Å²) in [4.78, 5) is 5.31. The molecule has 0 fully saturated rings. The molecule has 0 bridgehead atoms. The zero-order valence-corrected chi connectivity index (χ0v) is 26.6. The van der Waals surface area contributed by atoms with E-state index in [9.17, 15) is 21.6 Å². The van der Waals surface area contributed by atoms with Crippen molar-refractivity contribution in [2.75, 3.05) is 11.0 Å². The third kappa shape index (κ3) is 8.17. The highest BCUT2D eigenvalue weighted by molar-refractivity contribution is 9.10. The maximum absolute atomic E-state index is 13.1. The number of benzene rings is 3. The van der Waals surface area contributed by atoms with Crippen molar-refractivity contribution in [3.63, 3.8) is 0 Å². The van der Waals surface area contributed by atoms with Gasteiger partial charge in [0.15, 0.2) is 0 Å². The fourth-order valence-electron chi connectivity index (χ4n) is 4.27. The van der Waals surface area contributed by atoms with E-state index in [-0.39, 0.29) is 23.4 Å².